The summed E-state index contributed by atoms with van der Waals surface area (Å²) < 4.78 is 14.1. The molecule has 3 nitrogen and oxygen atoms in total. The highest BCUT2D eigenvalue weighted by Crippen LogP contribution is 2.35. The second-order valence-corrected chi connectivity index (χ2v) is 9.13. The topological polar surface area (TPSA) is 19.4 Å². The fourth-order valence-corrected chi connectivity index (χ4v) is 5.32. The zero-order chi connectivity index (χ0) is 20.5. The monoisotopic (exact) mass is 439 g/mol. The lowest BCUT2D eigenvalue weighted by atomic mass is 9.95. The standard InChI is InChI=1S/C24H23ClFN3S/c25-24-17(7-9-20-18(24)8-10-21(27-20)23-6-3-15-30-23)16-28-11-13-29(14-12-28)22-5-2-1-4-19(22)26/h1-6,8,10,15H,7,9,11-14,16H2. The Balaban J connectivity index is 1.27. The quantitative estimate of drug-likeness (QED) is 0.522. The zero-order valence-corrected chi connectivity index (χ0v) is 18.2. The summed E-state index contributed by atoms with van der Waals surface area (Å²) in [6, 6.07) is 15.4. The summed E-state index contributed by atoms with van der Waals surface area (Å²) in [6.45, 7) is 4.34. The first-order valence-corrected chi connectivity index (χ1v) is 11.6. The summed E-state index contributed by atoms with van der Waals surface area (Å²) in [7, 11) is 0. The van der Waals surface area contributed by atoms with Crippen molar-refractivity contribution in [2.24, 2.45) is 0 Å². The van der Waals surface area contributed by atoms with Gasteiger partial charge in [-0.15, -0.1) is 11.3 Å². The Kier molecular flexibility index (Phi) is 5.59. The van der Waals surface area contributed by atoms with Gasteiger partial charge in [-0.3, -0.25) is 9.88 Å². The number of hydrogen-bond donors (Lipinski definition) is 0. The Hall–Kier alpha value is -2.21. The Morgan fingerprint density at radius 1 is 0.967 bits per heavy atom. The van der Waals surface area contributed by atoms with Crippen LogP contribution < -0.4 is 4.90 Å². The van der Waals surface area contributed by atoms with Crippen molar-refractivity contribution in [2.45, 2.75) is 12.8 Å². The summed E-state index contributed by atoms with van der Waals surface area (Å²) in [5.41, 5.74) is 5.19. The molecule has 1 aliphatic carbocycles. The molecule has 5 rings (SSSR count). The Labute approximate surface area is 185 Å². The number of fused-ring (bicyclic) bond motifs is 1. The van der Waals surface area contributed by atoms with Crippen LogP contribution in [0, 0.1) is 5.82 Å². The van der Waals surface area contributed by atoms with Crippen LogP contribution >= 0.6 is 22.9 Å². The van der Waals surface area contributed by atoms with Crippen LogP contribution in [0.25, 0.3) is 15.6 Å². The molecule has 0 spiro atoms. The van der Waals surface area contributed by atoms with Gasteiger partial charge in [0.2, 0.25) is 0 Å². The van der Waals surface area contributed by atoms with Gasteiger partial charge >= 0.3 is 0 Å². The molecule has 0 saturated carbocycles. The molecule has 1 fully saturated rings. The van der Waals surface area contributed by atoms with Gasteiger partial charge in [0.05, 0.1) is 27.0 Å². The lowest BCUT2D eigenvalue weighted by Crippen LogP contribution is -2.47. The fraction of sp³-hybridized carbons (Fsp3) is 0.292. The summed E-state index contributed by atoms with van der Waals surface area (Å²) in [6.07, 6.45) is 1.87. The zero-order valence-electron chi connectivity index (χ0n) is 16.7. The average molecular weight is 440 g/mol. The molecule has 0 atom stereocenters. The van der Waals surface area contributed by atoms with Crippen LogP contribution in [0.5, 0.6) is 0 Å². The third-order valence-corrected chi connectivity index (χ3v) is 7.30. The van der Waals surface area contributed by atoms with E-state index in [0.717, 1.165) is 67.5 Å². The van der Waals surface area contributed by atoms with Gasteiger partial charge in [0, 0.05) is 38.3 Å². The van der Waals surface area contributed by atoms with Crippen molar-refractivity contribution in [3.8, 4) is 10.6 Å². The second-order valence-electron chi connectivity index (χ2n) is 7.80. The van der Waals surface area contributed by atoms with E-state index >= 15 is 0 Å². The number of rotatable bonds is 4. The molecular formula is C24H23ClFN3S. The van der Waals surface area contributed by atoms with Gasteiger partial charge in [-0.05, 0) is 54.1 Å². The van der Waals surface area contributed by atoms with Gasteiger partial charge in [-0.2, -0.15) is 0 Å². The van der Waals surface area contributed by atoms with Crippen molar-refractivity contribution in [1.82, 2.24) is 9.88 Å². The van der Waals surface area contributed by atoms with Crippen molar-refractivity contribution in [3.63, 3.8) is 0 Å². The molecule has 0 radical (unpaired) electrons. The molecule has 154 valence electrons. The number of halogens is 2. The Bertz CT molecular complexity index is 1070. The number of pyridine rings is 1. The molecule has 30 heavy (non-hydrogen) atoms. The molecule has 1 aromatic carbocycles. The van der Waals surface area contributed by atoms with Crippen molar-refractivity contribution in [3.05, 3.63) is 76.6 Å². The van der Waals surface area contributed by atoms with Gasteiger partial charge < -0.3 is 4.90 Å². The lowest BCUT2D eigenvalue weighted by molar-refractivity contribution is 0.275. The van der Waals surface area contributed by atoms with E-state index in [1.807, 2.05) is 12.1 Å². The van der Waals surface area contributed by atoms with E-state index in [1.54, 1.807) is 17.4 Å². The molecule has 3 aromatic rings. The van der Waals surface area contributed by atoms with Crippen LogP contribution in [0.2, 0.25) is 0 Å². The number of hydrogen-bond acceptors (Lipinski definition) is 4. The highest BCUT2D eigenvalue weighted by atomic mass is 35.5. The minimum absolute atomic E-state index is 0.144. The first-order chi connectivity index (χ1) is 14.7. The number of benzene rings is 1. The molecule has 1 saturated heterocycles. The van der Waals surface area contributed by atoms with Crippen molar-refractivity contribution in [2.75, 3.05) is 37.6 Å². The van der Waals surface area contributed by atoms with Crippen LogP contribution in [0.4, 0.5) is 10.1 Å². The van der Waals surface area contributed by atoms with Crippen LogP contribution in [-0.4, -0.2) is 42.6 Å². The Morgan fingerprint density at radius 2 is 1.80 bits per heavy atom. The number of nitrogens with zero attached hydrogens (tertiary/aromatic N) is 3. The van der Waals surface area contributed by atoms with Gasteiger partial charge in [0.1, 0.15) is 5.82 Å². The van der Waals surface area contributed by atoms with Crippen molar-refractivity contribution < 1.29 is 4.39 Å². The first-order valence-electron chi connectivity index (χ1n) is 10.3. The predicted octanol–water partition coefficient (Wildman–Crippen LogP) is 5.67. The number of thiophene rings is 1. The SMILES string of the molecule is Fc1ccccc1N1CCN(CC2=C(Cl)c3ccc(-c4cccs4)nc3CC2)CC1. The molecule has 6 heteroatoms. The van der Waals surface area contributed by atoms with E-state index in [9.17, 15) is 4.39 Å². The second kappa shape index (κ2) is 8.50. The van der Waals surface area contributed by atoms with Crippen LogP contribution in [0.1, 0.15) is 17.7 Å². The molecule has 0 N–H and O–H groups in total. The molecule has 3 heterocycles. The number of aromatic nitrogens is 1. The number of anilines is 1. The molecule has 2 aromatic heterocycles. The van der Waals surface area contributed by atoms with Gasteiger partial charge in [0.25, 0.3) is 0 Å². The number of aryl methyl sites for hydroxylation is 1. The minimum atomic E-state index is -0.144. The normalized spacial score (nSPS) is 17.3. The summed E-state index contributed by atoms with van der Waals surface area (Å²) >= 11 is 8.52. The van der Waals surface area contributed by atoms with E-state index in [1.165, 1.54) is 16.5 Å². The molecule has 0 unspecified atom stereocenters. The number of para-hydroxylation sites is 1. The van der Waals surface area contributed by atoms with E-state index in [-0.39, 0.29) is 5.82 Å². The van der Waals surface area contributed by atoms with E-state index in [2.05, 4.69) is 39.4 Å². The first kappa shape index (κ1) is 19.7. The maximum absolute atomic E-state index is 14.1. The van der Waals surface area contributed by atoms with Crippen LogP contribution in [0.3, 0.4) is 0 Å². The van der Waals surface area contributed by atoms with Crippen molar-refractivity contribution >= 4 is 33.7 Å². The summed E-state index contributed by atoms with van der Waals surface area (Å²) in [5.74, 6) is -0.144. The third-order valence-electron chi connectivity index (χ3n) is 5.94. The van der Waals surface area contributed by atoms with E-state index < -0.39 is 0 Å². The third kappa shape index (κ3) is 3.89. The fourth-order valence-electron chi connectivity index (χ4n) is 4.30. The van der Waals surface area contributed by atoms with E-state index in [0.29, 0.717) is 5.69 Å². The maximum Gasteiger partial charge on any atom is 0.146 e. The van der Waals surface area contributed by atoms with E-state index in [4.69, 9.17) is 16.6 Å². The molecular weight excluding hydrogens is 417 g/mol. The highest BCUT2D eigenvalue weighted by Gasteiger charge is 2.24. The van der Waals surface area contributed by atoms with Gasteiger partial charge in [0.15, 0.2) is 0 Å². The maximum atomic E-state index is 14.1. The smallest absolute Gasteiger partial charge is 0.146 e. The van der Waals surface area contributed by atoms with Gasteiger partial charge in [-0.25, -0.2) is 4.39 Å². The van der Waals surface area contributed by atoms with Gasteiger partial charge in [-0.1, -0.05) is 29.8 Å². The lowest BCUT2D eigenvalue weighted by Gasteiger charge is -2.37. The van der Waals surface area contributed by atoms with Crippen LogP contribution in [0.15, 0.2) is 59.5 Å². The molecule has 2 aliphatic rings. The summed E-state index contributed by atoms with van der Waals surface area (Å²) in [4.78, 5) is 10.6. The largest absolute Gasteiger partial charge is 0.367 e. The molecule has 0 amide bonds. The number of piperazine rings is 1. The molecule has 0 bridgehead atoms. The predicted molar refractivity (Wildman–Crippen MR) is 124 cm³/mol. The highest BCUT2D eigenvalue weighted by molar-refractivity contribution is 7.13. The molecule has 1 aliphatic heterocycles. The Morgan fingerprint density at radius 3 is 2.57 bits per heavy atom. The summed E-state index contributed by atoms with van der Waals surface area (Å²) in [5, 5.41) is 2.94. The van der Waals surface area contributed by atoms with Crippen LogP contribution in [-0.2, 0) is 6.42 Å². The van der Waals surface area contributed by atoms with Crippen molar-refractivity contribution in [1.29, 1.82) is 0 Å². The minimum Gasteiger partial charge on any atom is -0.367 e. The average Bonchev–Trinajstić information content (AvgIpc) is 3.32.